The lowest BCUT2D eigenvalue weighted by molar-refractivity contribution is 0.0947. The molecule has 1 aromatic heterocycles. The molecule has 0 bridgehead atoms. The average molecular weight is 452 g/mol. The first-order chi connectivity index (χ1) is 15.1. The minimum Gasteiger partial charge on any atom is -0.487 e. The summed E-state index contributed by atoms with van der Waals surface area (Å²) >= 11 is 6.85. The summed E-state index contributed by atoms with van der Waals surface area (Å²) < 4.78 is 5.82. The monoisotopic (exact) mass is 451 g/mol. The van der Waals surface area contributed by atoms with E-state index in [9.17, 15) is 4.79 Å². The molecule has 0 aliphatic heterocycles. The number of hydrogen-bond donors (Lipinski definition) is 2. The summed E-state index contributed by atoms with van der Waals surface area (Å²) in [6.45, 7) is 0.372. The van der Waals surface area contributed by atoms with Crippen molar-refractivity contribution < 1.29 is 9.53 Å². The third-order valence-electron chi connectivity index (χ3n) is 4.71. The van der Waals surface area contributed by atoms with E-state index in [1.54, 1.807) is 24.2 Å². The minimum atomic E-state index is -0.341. The molecule has 1 heterocycles. The van der Waals surface area contributed by atoms with Gasteiger partial charge in [0.05, 0.1) is 17.2 Å². The van der Waals surface area contributed by atoms with E-state index in [1.807, 2.05) is 66.9 Å². The number of aromatic nitrogens is 1. The predicted octanol–water partition coefficient (Wildman–Crippen LogP) is 4.47. The fourth-order valence-electron chi connectivity index (χ4n) is 3.09. The van der Waals surface area contributed by atoms with Gasteiger partial charge in [0.2, 0.25) is 0 Å². The Labute approximate surface area is 192 Å². The number of nitrogens with one attached hydrogen (secondary N) is 1. The predicted molar refractivity (Wildman–Crippen MR) is 131 cm³/mol. The van der Waals surface area contributed by atoms with Crippen LogP contribution in [0.2, 0.25) is 0 Å². The summed E-state index contributed by atoms with van der Waals surface area (Å²) in [5.41, 5.74) is 9.16. The average Bonchev–Trinajstić information content (AvgIpc) is 2.81. The van der Waals surface area contributed by atoms with Gasteiger partial charge in [-0.05, 0) is 59.4 Å². The van der Waals surface area contributed by atoms with Crippen molar-refractivity contribution in [1.29, 1.82) is 0 Å². The summed E-state index contributed by atoms with van der Waals surface area (Å²) in [5.74, 6) is 1.36. The van der Waals surface area contributed by atoms with Gasteiger partial charge in [0.1, 0.15) is 12.4 Å². The molecule has 0 fully saturated rings. The number of rotatable bonds is 10. The molecule has 7 heteroatoms. The molecular weight excluding hydrogens is 426 g/mol. The zero-order chi connectivity index (χ0) is 22.1. The molecule has 2 aromatic carbocycles. The lowest BCUT2D eigenvalue weighted by Gasteiger charge is -2.19. The van der Waals surface area contributed by atoms with Gasteiger partial charge in [-0.1, -0.05) is 48.6 Å². The van der Waals surface area contributed by atoms with E-state index in [4.69, 9.17) is 22.7 Å². The van der Waals surface area contributed by atoms with E-state index < -0.39 is 0 Å². The van der Waals surface area contributed by atoms with Crippen molar-refractivity contribution in [2.24, 2.45) is 5.73 Å². The standard InChI is InChI=1S/C24H25N3O2S2/c1-31-13-11-22(23(25)30)27-24(28)20-10-9-17(16-29-19-8-5-12-26-15-19)14-21(20)18-6-3-2-4-7-18/h2-10,12,14-15,22H,11,13,16H2,1H3,(H2,25,30)(H,27,28). The molecule has 31 heavy (non-hydrogen) atoms. The topological polar surface area (TPSA) is 77.2 Å². The molecule has 0 saturated heterocycles. The van der Waals surface area contributed by atoms with Crippen molar-refractivity contribution in [2.45, 2.75) is 19.1 Å². The van der Waals surface area contributed by atoms with Crippen LogP contribution in [0, 0.1) is 0 Å². The van der Waals surface area contributed by atoms with Crippen molar-refractivity contribution in [3.8, 4) is 16.9 Å². The van der Waals surface area contributed by atoms with Gasteiger partial charge in [-0.15, -0.1) is 0 Å². The number of nitrogens with zero attached hydrogens (tertiary/aromatic N) is 1. The van der Waals surface area contributed by atoms with Gasteiger partial charge in [0.25, 0.3) is 5.91 Å². The first kappa shape index (κ1) is 22.8. The Hall–Kier alpha value is -2.90. The zero-order valence-corrected chi connectivity index (χ0v) is 18.9. The maximum Gasteiger partial charge on any atom is 0.252 e. The Morgan fingerprint density at radius 2 is 2.00 bits per heavy atom. The highest BCUT2D eigenvalue weighted by molar-refractivity contribution is 7.98. The Morgan fingerprint density at radius 3 is 2.68 bits per heavy atom. The van der Waals surface area contributed by atoms with Gasteiger partial charge in [-0.2, -0.15) is 11.8 Å². The first-order valence-corrected chi connectivity index (χ1v) is 11.7. The molecule has 3 N–H and O–H groups in total. The highest BCUT2D eigenvalue weighted by Crippen LogP contribution is 2.26. The van der Waals surface area contributed by atoms with Crippen molar-refractivity contribution in [1.82, 2.24) is 10.3 Å². The summed E-state index contributed by atoms with van der Waals surface area (Å²) in [4.78, 5) is 17.5. The van der Waals surface area contributed by atoms with Crippen molar-refractivity contribution in [3.63, 3.8) is 0 Å². The molecule has 1 amide bonds. The maximum atomic E-state index is 13.1. The number of thiocarbonyl (C=S) groups is 1. The zero-order valence-electron chi connectivity index (χ0n) is 17.3. The molecule has 5 nitrogen and oxygen atoms in total. The normalized spacial score (nSPS) is 11.5. The number of amides is 1. The van der Waals surface area contributed by atoms with Gasteiger partial charge < -0.3 is 15.8 Å². The number of thioether (sulfide) groups is 1. The molecule has 0 spiro atoms. The highest BCUT2D eigenvalue weighted by atomic mass is 32.2. The third-order valence-corrected chi connectivity index (χ3v) is 5.64. The van der Waals surface area contributed by atoms with E-state index in [2.05, 4.69) is 10.3 Å². The highest BCUT2D eigenvalue weighted by Gasteiger charge is 2.19. The Kier molecular flexibility index (Phi) is 8.44. The van der Waals surface area contributed by atoms with Crippen molar-refractivity contribution >= 4 is 34.9 Å². The van der Waals surface area contributed by atoms with E-state index in [0.717, 1.165) is 22.4 Å². The molecule has 160 valence electrons. The Bertz CT molecular complexity index is 1010. The van der Waals surface area contributed by atoms with Crippen LogP contribution in [-0.4, -0.2) is 33.9 Å². The molecule has 0 aliphatic carbocycles. The number of hydrogen-bond acceptors (Lipinski definition) is 5. The van der Waals surface area contributed by atoms with Crippen LogP contribution in [0.4, 0.5) is 0 Å². The van der Waals surface area contributed by atoms with E-state index in [-0.39, 0.29) is 11.9 Å². The van der Waals surface area contributed by atoms with Crippen LogP contribution in [-0.2, 0) is 6.61 Å². The number of carbonyl (C=O) groups is 1. The smallest absolute Gasteiger partial charge is 0.252 e. The minimum absolute atomic E-state index is 0.197. The fraction of sp³-hybridized carbons (Fsp3) is 0.208. The van der Waals surface area contributed by atoms with E-state index in [0.29, 0.717) is 29.3 Å². The van der Waals surface area contributed by atoms with Crippen LogP contribution < -0.4 is 15.8 Å². The Balaban J connectivity index is 1.86. The van der Waals surface area contributed by atoms with E-state index >= 15 is 0 Å². The third kappa shape index (κ3) is 6.54. The van der Waals surface area contributed by atoms with Gasteiger partial charge in [0, 0.05) is 11.8 Å². The molecular formula is C24H25N3O2S2. The fourth-order valence-corrected chi connectivity index (χ4v) is 3.74. The number of ether oxygens (including phenoxy) is 1. The molecule has 1 atom stereocenters. The Morgan fingerprint density at radius 1 is 1.19 bits per heavy atom. The van der Waals surface area contributed by atoms with Gasteiger partial charge in [0.15, 0.2) is 0 Å². The molecule has 0 aliphatic rings. The maximum absolute atomic E-state index is 13.1. The van der Waals surface area contributed by atoms with Crippen LogP contribution in [0.1, 0.15) is 22.3 Å². The second-order valence-corrected chi connectivity index (χ2v) is 8.39. The first-order valence-electron chi connectivity index (χ1n) is 9.88. The van der Waals surface area contributed by atoms with Gasteiger partial charge in [-0.25, -0.2) is 0 Å². The summed E-state index contributed by atoms with van der Waals surface area (Å²) in [7, 11) is 0. The largest absolute Gasteiger partial charge is 0.487 e. The van der Waals surface area contributed by atoms with Crippen molar-refractivity contribution in [3.05, 3.63) is 84.2 Å². The lowest BCUT2D eigenvalue weighted by Crippen LogP contribution is -2.44. The van der Waals surface area contributed by atoms with Gasteiger partial charge in [-0.3, -0.25) is 9.78 Å². The molecule has 1 unspecified atom stereocenters. The molecule has 0 saturated carbocycles. The quantitative estimate of drug-likeness (QED) is 0.443. The van der Waals surface area contributed by atoms with Crippen LogP contribution >= 0.6 is 24.0 Å². The lowest BCUT2D eigenvalue weighted by atomic mass is 9.96. The van der Waals surface area contributed by atoms with Crippen LogP contribution in [0.15, 0.2) is 73.1 Å². The summed E-state index contributed by atoms with van der Waals surface area (Å²) in [6, 6.07) is 18.9. The van der Waals surface area contributed by atoms with E-state index in [1.165, 1.54) is 0 Å². The number of benzene rings is 2. The molecule has 3 rings (SSSR count). The molecule has 3 aromatic rings. The summed E-state index contributed by atoms with van der Waals surface area (Å²) in [6.07, 6.45) is 6.08. The second kappa shape index (κ2) is 11.5. The number of nitrogens with two attached hydrogens (primary N) is 1. The van der Waals surface area contributed by atoms with Crippen LogP contribution in [0.25, 0.3) is 11.1 Å². The SMILES string of the molecule is CSCCC(NC(=O)c1ccc(COc2cccnc2)cc1-c1ccccc1)C(N)=S. The van der Waals surface area contributed by atoms with Crippen LogP contribution in [0.5, 0.6) is 5.75 Å². The molecule has 0 radical (unpaired) electrons. The number of carbonyl (C=O) groups excluding carboxylic acids is 1. The number of pyridine rings is 1. The van der Waals surface area contributed by atoms with Crippen molar-refractivity contribution in [2.75, 3.05) is 12.0 Å². The van der Waals surface area contributed by atoms with Gasteiger partial charge >= 0.3 is 0 Å². The van der Waals surface area contributed by atoms with Crippen LogP contribution in [0.3, 0.4) is 0 Å². The summed E-state index contributed by atoms with van der Waals surface area (Å²) in [5, 5.41) is 3.00. The second-order valence-electron chi connectivity index (χ2n) is 6.93.